The Morgan fingerprint density at radius 2 is 1.94 bits per heavy atom. The molecule has 2 N–H and O–H groups in total. The highest BCUT2D eigenvalue weighted by atomic mass is 35.5. The van der Waals surface area contributed by atoms with Crippen molar-refractivity contribution in [1.29, 1.82) is 0 Å². The quantitative estimate of drug-likeness (QED) is 0.601. The number of fused-ring (bicyclic) bond motifs is 2. The third-order valence-electron chi connectivity index (χ3n) is 5.89. The van der Waals surface area contributed by atoms with Crippen LogP contribution in [0.3, 0.4) is 0 Å². The molecule has 8 nitrogen and oxygen atoms in total. The van der Waals surface area contributed by atoms with Crippen molar-refractivity contribution in [2.24, 2.45) is 0 Å². The van der Waals surface area contributed by atoms with Gasteiger partial charge < -0.3 is 20.2 Å². The molecule has 32 heavy (non-hydrogen) atoms. The molecule has 3 aromatic rings. The summed E-state index contributed by atoms with van der Waals surface area (Å²) in [6, 6.07) is 14.4. The first-order valence-electron chi connectivity index (χ1n) is 10.2. The van der Waals surface area contributed by atoms with Crippen molar-refractivity contribution in [1.82, 2.24) is 9.88 Å². The molecule has 0 aliphatic carbocycles. The molecule has 0 saturated carbocycles. The van der Waals surface area contributed by atoms with Gasteiger partial charge in [-0.1, -0.05) is 29.8 Å². The maximum atomic E-state index is 12.7. The normalized spacial score (nSPS) is 18.0. The maximum Gasteiger partial charge on any atom is 0.407 e. The van der Waals surface area contributed by atoms with Crippen molar-refractivity contribution in [3.63, 3.8) is 0 Å². The van der Waals surface area contributed by atoms with Crippen molar-refractivity contribution in [2.75, 3.05) is 35.6 Å². The molecule has 10 heteroatoms. The number of anilines is 2. The second-order valence-electron chi connectivity index (χ2n) is 8.07. The number of hydrogen-bond donors (Lipinski definition) is 2. The van der Waals surface area contributed by atoms with Crippen LogP contribution in [0.2, 0.25) is 5.02 Å². The van der Waals surface area contributed by atoms with Crippen LogP contribution < -0.4 is 10.2 Å². The zero-order valence-corrected chi connectivity index (χ0v) is 18.6. The molecule has 1 aromatic heterocycles. The van der Waals surface area contributed by atoms with Gasteiger partial charge in [-0.05, 0) is 29.8 Å². The number of likely N-dealkylation sites (tertiary alicyclic amines) is 1. The van der Waals surface area contributed by atoms with Gasteiger partial charge >= 0.3 is 6.09 Å². The van der Waals surface area contributed by atoms with Crippen LogP contribution in [0, 0.1) is 0 Å². The van der Waals surface area contributed by atoms with E-state index < -0.39 is 15.9 Å². The number of nitrogens with zero attached hydrogens (tertiary/aromatic N) is 3. The lowest BCUT2D eigenvalue weighted by Crippen LogP contribution is -2.56. The Labute approximate surface area is 190 Å². The van der Waals surface area contributed by atoms with Crippen LogP contribution in [0.1, 0.15) is 5.56 Å². The highest BCUT2D eigenvalue weighted by Crippen LogP contribution is 2.33. The lowest BCUT2D eigenvalue weighted by Gasteiger charge is -2.38. The maximum absolute atomic E-state index is 12.7. The molecule has 0 bridgehead atoms. The SMILES string of the molecule is O=C(O)N1CC(Nc2cc(N3CCS(=O)(=O)c4ccccc4C3)nc3ccc(Cl)cc23)C1. The van der Waals surface area contributed by atoms with Crippen LogP contribution in [-0.2, 0) is 16.4 Å². The number of amides is 1. The van der Waals surface area contributed by atoms with Gasteiger partial charge in [0.25, 0.3) is 0 Å². The van der Waals surface area contributed by atoms with E-state index in [2.05, 4.69) is 5.32 Å². The molecular formula is C22H21ClN4O4S. The third-order valence-corrected chi connectivity index (χ3v) is 7.92. The molecule has 2 aromatic carbocycles. The Balaban J connectivity index is 1.52. The highest BCUT2D eigenvalue weighted by Gasteiger charge is 2.31. The van der Waals surface area contributed by atoms with Gasteiger partial charge in [-0.15, -0.1) is 0 Å². The summed E-state index contributed by atoms with van der Waals surface area (Å²) in [6.45, 7) is 1.53. The van der Waals surface area contributed by atoms with Crippen LogP contribution >= 0.6 is 11.6 Å². The Hall–Kier alpha value is -3.04. The minimum Gasteiger partial charge on any atom is -0.465 e. The summed E-state index contributed by atoms with van der Waals surface area (Å²) in [5, 5.41) is 13.9. The lowest BCUT2D eigenvalue weighted by molar-refractivity contribution is 0.111. The monoisotopic (exact) mass is 472 g/mol. The molecule has 2 aliphatic rings. The summed E-state index contributed by atoms with van der Waals surface area (Å²) < 4.78 is 25.5. The van der Waals surface area contributed by atoms with E-state index in [0.717, 1.165) is 22.2 Å². The van der Waals surface area contributed by atoms with Gasteiger partial charge in [0.05, 0.1) is 22.2 Å². The van der Waals surface area contributed by atoms with Gasteiger partial charge in [0, 0.05) is 48.3 Å². The standard InChI is InChI=1S/C22H21ClN4O4S/c23-15-5-6-18-17(9-15)19(24-16-12-27(13-16)22(28)29)10-21(25-18)26-7-8-32(30,31)20-4-2-1-3-14(20)11-26/h1-6,9-10,16H,7-8,11-13H2,(H,24,25)(H,28,29). The Kier molecular flexibility index (Phi) is 5.10. The smallest absolute Gasteiger partial charge is 0.407 e. The number of aromatic nitrogens is 1. The fourth-order valence-electron chi connectivity index (χ4n) is 4.17. The number of hydrogen-bond acceptors (Lipinski definition) is 6. The minimum absolute atomic E-state index is 0.00328. The molecule has 1 saturated heterocycles. The second kappa shape index (κ2) is 7.83. The van der Waals surface area contributed by atoms with Gasteiger partial charge in [0.15, 0.2) is 9.84 Å². The fourth-order valence-corrected chi connectivity index (χ4v) is 5.84. The van der Waals surface area contributed by atoms with Crippen LogP contribution in [0.15, 0.2) is 53.4 Å². The average molecular weight is 473 g/mol. The predicted molar refractivity (Wildman–Crippen MR) is 123 cm³/mol. The number of carboxylic acid groups (broad SMARTS) is 1. The molecule has 5 rings (SSSR count). The molecule has 0 radical (unpaired) electrons. The Morgan fingerprint density at radius 1 is 1.16 bits per heavy atom. The molecule has 0 atom stereocenters. The van der Waals surface area contributed by atoms with Gasteiger partial charge in [0.2, 0.25) is 0 Å². The average Bonchev–Trinajstić information content (AvgIpc) is 2.86. The predicted octanol–water partition coefficient (Wildman–Crippen LogP) is 3.46. The zero-order valence-electron chi connectivity index (χ0n) is 17.0. The van der Waals surface area contributed by atoms with Gasteiger partial charge in [0.1, 0.15) is 5.82 Å². The Bertz CT molecular complexity index is 1320. The Morgan fingerprint density at radius 3 is 2.72 bits per heavy atom. The second-order valence-corrected chi connectivity index (χ2v) is 10.6. The van der Waals surface area contributed by atoms with Crippen molar-refractivity contribution < 1.29 is 18.3 Å². The van der Waals surface area contributed by atoms with E-state index in [0.29, 0.717) is 41.9 Å². The number of halogens is 1. The highest BCUT2D eigenvalue weighted by molar-refractivity contribution is 7.91. The van der Waals surface area contributed by atoms with Crippen molar-refractivity contribution in [3.8, 4) is 0 Å². The van der Waals surface area contributed by atoms with Gasteiger partial charge in [-0.2, -0.15) is 0 Å². The number of nitrogens with one attached hydrogen (secondary N) is 1. The molecule has 166 valence electrons. The molecule has 2 aliphatic heterocycles. The molecule has 3 heterocycles. The molecule has 0 spiro atoms. The van der Waals surface area contributed by atoms with Gasteiger partial charge in [-0.3, -0.25) is 0 Å². The fraction of sp³-hybridized carbons (Fsp3) is 0.273. The first kappa shape index (κ1) is 20.8. The van der Waals surface area contributed by atoms with E-state index in [-0.39, 0.29) is 11.8 Å². The third kappa shape index (κ3) is 3.82. The molecule has 1 amide bonds. The van der Waals surface area contributed by atoms with E-state index in [1.54, 1.807) is 18.2 Å². The van der Waals surface area contributed by atoms with Crippen molar-refractivity contribution in [3.05, 3.63) is 59.1 Å². The van der Waals surface area contributed by atoms with E-state index in [1.807, 2.05) is 35.2 Å². The number of carbonyl (C=O) groups is 1. The summed E-state index contributed by atoms with van der Waals surface area (Å²) in [4.78, 5) is 19.6. The van der Waals surface area contributed by atoms with Crippen LogP contribution in [0.4, 0.5) is 16.3 Å². The van der Waals surface area contributed by atoms with Crippen LogP contribution in [-0.4, -0.2) is 60.9 Å². The van der Waals surface area contributed by atoms with Crippen molar-refractivity contribution >= 4 is 49.9 Å². The molecular weight excluding hydrogens is 452 g/mol. The van der Waals surface area contributed by atoms with Gasteiger partial charge in [-0.25, -0.2) is 18.2 Å². The zero-order chi connectivity index (χ0) is 22.5. The topological polar surface area (TPSA) is 103 Å². The minimum atomic E-state index is -3.37. The van der Waals surface area contributed by atoms with Crippen LogP contribution in [0.5, 0.6) is 0 Å². The van der Waals surface area contributed by atoms with E-state index in [4.69, 9.17) is 21.7 Å². The first-order valence-corrected chi connectivity index (χ1v) is 12.2. The van der Waals surface area contributed by atoms with Crippen LogP contribution in [0.25, 0.3) is 10.9 Å². The number of rotatable bonds is 3. The lowest BCUT2D eigenvalue weighted by atomic mass is 10.1. The number of benzene rings is 2. The van der Waals surface area contributed by atoms with Crippen molar-refractivity contribution in [2.45, 2.75) is 17.5 Å². The largest absolute Gasteiger partial charge is 0.465 e. The van der Waals surface area contributed by atoms with E-state index in [1.165, 1.54) is 4.90 Å². The number of sulfone groups is 1. The van der Waals surface area contributed by atoms with E-state index >= 15 is 0 Å². The summed E-state index contributed by atoms with van der Waals surface area (Å²) in [6.07, 6.45) is -0.934. The number of pyridine rings is 1. The first-order chi connectivity index (χ1) is 15.3. The molecule has 0 unspecified atom stereocenters. The summed E-state index contributed by atoms with van der Waals surface area (Å²) >= 11 is 6.22. The summed E-state index contributed by atoms with van der Waals surface area (Å²) in [5.41, 5.74) is 2.26. The summed E-state index contributed by atoms with van der Waals surface area (Å²) in [5.74, 6) is 0.659. The summed E-state index contributed by atoms with van der Waals surface area (Å²) in [7, 11) is -3.37. The van der Waals surface area contributed by atoms with E-state index in [9.17, 15) is 13.2 Å². The molecule has 1 fully saturated rings.